The maximum Gasteiger partial charge on any atom is 0.303 e. The number of hydrogen-bond acceptors (Lipinski definition) is 9. The lowest BCUT2D eigenvalue weighted by molar-refractivity contribution is -0.165. The van der Waals surface area contributed by atoms with Gasteiger partial charge in [0.1, 0.15) is 23.9 Å². The number of nitrogens with two attached hydrogens (primary N) is 1. The molecule has 2 aromatic rings. The summed E-state index contributed by atoms with van der Waals surface area (Å²) >= 11 is 0. The van der Waals surface area contributed by atoms with E-state index >= 15 is 0 Å². The first-order valence-electron chi connectivity index (χ1n) is 7.84. The Balaban J connectivity index is 2.11. The van der Waals surface area contributed by atoms with E-state index in [2.05, 4.69) is 9.97 Å². The van der Waals surface area contributed by atoms with Gasteiger partial charge in [0.25, 0.3) is 0 Å². The molecule has 0 aliphatic carbocycles. The van der Waals surface area contributed by atoms with Crippen LogP contribution in [-0.2, 0) is 23.8 Å². The Bertz CT molecular complexity index is 918. The van der Waals surface area contributed by atoms with Crippen LogP contribution in [0.2, 0.25) is 0 Å². The van der Waals surface area contributed by atoms with E-state index in [1.54, 1.807) is 11.5 Å². The molecule has 4 atom stereocenters. The van der Waals surface area contributed by atoms with Gasteiger partial charge in [-0.3, -0.25) is 9.59 Å². The number of ether oxygens (including phenoxy) is 3. The number of hydrogen-bond donors (Lipinski definition) is 1. The van der Waals surface area contributed by atoms with Crippen LogP contribution in [0.5, 0.6) is 0 Å². The molecule has 0 amide bonds. The minimum atomic E-state index is -0.912. The summed E-state index contributed by atoms with van der Waals surface area (Å²) < 4.78 is 18.1. The number of nitrogens with zero attached hydrogens (tertiary/aromatic N) is 4. The smallest absolute Gasteiger partial charge is 0.303 e. The van der Waals surface area contributed by atoms with Gasteiger partial charge in [-0.25, -0.2) is 9.97 Å². The summed E-state index contributed by atoms with van der Waals surface area (Å²) in [6.07, 6.45) is -0.349. The summed E-state index contributed by atoms with van der Waals surface area (Å²) in [5, 5.41) is 9.76. The normalized spacial score (nSPS) is 25.0. The first kappa shape index (κ1) is 17.6. The molecule has 1 aliphatic heterocycles. The zero-order chi connectivity index (χ0) is 19.0. The second-order valence-electron chi connectivity index (χ2n) is 5.90. The molecule has 136 valence electrons. The van der Waals surface area contributed by atoms with Crippen LogP contribution >= 0.6 is 0 Å². The fourth-order valence-corrected chi connectivity index (χ4v) is 3.09. The van der Waals surface area contributed by atoms with Gasteiger partial charge in [-0.2, -0.15) is 5.26 Å². The Morgan fingerprint density at radius 1 is 1.27 bits per heavy atom. The number of fused-ring (bicyclic) bond motifs is 1. The number of nitrogen functional groups attached to an aromatic ring is 1. The van der Waals surface area contributed by atoms with Crippen molar-refractivity contribution >= 4 is 28.8 Å². The highest BCUT2D eigenvalue weighted by Crippen LogP contribution is 2.37. The van der Waals surface area contributed by atoms with Crippen molar-refractivity contribution in [1.82, 2.24) is 14.5 Å². The number of anilines is 1. The number of carbonyl (C=O) groups is 2. The fourth-order valence-electron chi connectivity index (χ4n) is 3.09. The Hall–Kier alpha value is -3.19. The van der Waals surface area contributed by atoms with Crippen molar-refractivity contribution in [2.45, 2.75) is 45.3 Å². The average molecular weight is 359 g/mol. The molecule has 0 unspecified atom stereocenters. The Morgan fingerprint density at radius 2 is 1.92 bits per heavy atom. The van der Waals surface area contributed by atoms with Crippen LogP contribution in [0.4, 0.5) is 5.82 Å². The maximum atomic E-state index is 11.6. The van der Waals surface area contributed by atoms with Gasteiger partial charge in [0, 0.05) is 20.0 Å². The molecule has 0 aromatic carbocycles. The third-order valence-electron chi connectivity index (χ3n) is 4.06. The fraction of sp³-hybridized carbons (Fsp3) is 0.438. The van der Waals surface area contributed by atoms with Gasteiger partial charge in [0.05, 0.1) is 17.1 Å². The third-order valence-corrected chi connectivity index (χ3v) is 4.06. The van der Waals surface area contributed by atoms with Gasteiger partial charge >= 0.3 is 11.9 Å². The number of nitriles is 1. The highest BCUT2D eigenvalue weighted by Gasteiger charge is 2.48. The Morgan fingerprint density at radius 3 is 2.54 bits per heavy atom. The SMILES string of the molecule is CC(=O)O[C@@H]1[C@H](OC(C)=O)[C@@H](C)O[C@H]1n1cc(C#N)c2c(N)ncnc21. The molecular formula is C16H17N5O5. The molecule has 2 aromatic heterocycles. The van der Waals surface area contributed by atoms with Crippen LogP contribution in [0.1, 0.15) is 32.6 Å². The molecule has 26 heavy (non-hydrogen) atoms. The summed E-state index contributed by atoms with van der Waals surface area (Å²) in [7, 11) is 0. The van der Waals surface area contributed by atoms with E-state index in [0.29, 0.717) is 11.0 Å². The largest absolute Gasteiger partial charge is 0.456 e. The standard InChI is InChI=1S/C16H17N5O5/c1-7-12(25-8(2)22)13(26-9(3)23)16(24-7)21-5-10(4-17)11-14(18)19-6-20-15(11)21/h5-7,12-13,16H,1-3H3,(H2,18,19,20)/t7-,12-,13-,16-/m1/s1. The molecule has 3 rings (SSSR count). The van der Waals surface area contributed by atoms with Crippen LogP contribution in [0.3, 0.4) is 0 Å². The highest BCUT2D eigenvalue weighted by atomic mass is 16.6. The van der Waals surface area contributed by atoms with Gasteiger partial charge < -0.3 is 24.5 Å². The number of aromatic nitrogens is 3. The van der Waals surface area contributed by atoms with Gasteiger partial charge in [0.2, 0.25) is 0 Å². The zero-order valence-corrected chi connectivity index (χ0v) is 14.4. The van der Waals surface area contributed by atoms with Crippen molar-refractivity contribution in [2.75, 3.05) is 5.73 Å². The number of carbonyl (C=O) groups excluding carboxylic acids is 2. The molecule has 2 N–H and O–H groups in total. The van der Waals surface area contributed by atoms with E-state index in [-0.39, 0.29) is 11.4 Å². The predicted molar refractivity (Wildman–Crippen MR) is 87.3 cm³/mol. The first-order chi connectivity index (χ1) is 12.3. The minimum Gasteiger partial charge on any atom is -0.456 e. The average Bonchev–Trinajstić information content (AvgIpc) is 3.07. The molecule has 0 bridgehead atoms. The van der Waals surface area contributed by atoms with Crippen LogP contribution < -0.4 is 5.73 Å². The van der Waals surface area contributed by atoms with Crippen molar-refractivity contribution in [3.8, 4) is 6.07 Å². The molecule has 1 aliphatic rings. The molecule has 0 saturated carbocycles. The summed E-state index contributed by atoms with van der Waals surface area (Å²) in [5.41, 5.74) is 6.48. The minimum absolute atomic E-state index is 0.150. The second-order valence-corrected chi connectivity index (χ2v) is 5.90. The monoisotopic (exact) mass is 359 g/mol. The topological polar surface area (TPSA) is 142 Å². The van der Waals surface area contributed by atoms with Crippen LogP contribution in [-0.4, -0.2) is 44.8 Å². The van der Waals surface area contributed by atoms with Crippen LogP contribution in [0.25, 0.3) is 11.0 Å². The van der Waals surface area contributed by atoms with Crippen molar-refractivity contribution < 1.29 is 23.8 Å². The van der Waals surface area contributed by atoms with Gasteiger partial charge in [-0.1, -0.05) is 0 Å². The zero-order valence-electron chi connectivity index (χ0n) is 14.4. The van der Waals surface area contributed by atoms with E-state index in [0.717, 1.165) is 0 Å². The molecule has 3 heterocycles. The van der Waals surface area contributed by atoms with E-state index in [4.69, 9.17) is 19.9 Å². The molecule has 10 nitrogen and oxygen atoms in total. The van der Waals surface area contributed by atoms with Crippen LogP contribution in [0.15, 0.2) is 12.5 Å². The van der Waals surface area contributed by atoms with E-state index in [9.17, 15) is 14.9 Å². The quantitative estimate of drug-likeness (QED) is 0.782. The molecule has 1 saturated heterocycles. The molecule has 1 fully saturated rings. The number of esters is 2. The summed E-state index contributed by atoms with van der Waals surface area (Å²) in [6.45, 7) is 4.21. The van der Waals surface area contributed by atoms with E-state index < -0.39 is 36.5 Å². The lowest BCUT2D eigenvalue weighted by Crippen LogP contribution is -2.38. The van der Waals surface area contributed by atoms with Crippen molar-refractivity contribution in [2.24, 2.45) is 0 Å². The first-order valence-corrected chi connectivity index (χ1v) is 7.84. The van der Waals surface area contributed by atoms with Gasteiger partial charge in [0.15, 0.2) is 18.4 Å². The predicted octanol–water partition coefficient (Wildman–Crippen LogP) is 0.666. The summed E-state index contributed by atoms with van der Waals surface area (Å²) in [5.74, 6) is -0.928. The molecular weight excluding hydrogens is 342 g/mol. The molecule has 10 heteroatoms. The second kappa shape index (κ2) is 6.61. The van der Waals surface area contributed by atoms with Crippen LogP contribution in [0, 0.1) is 11.3 Å². The third kappa shape index (κ3) is 2.93. The highest BCUT2D eigenvalue weighted by molar-refractivity contribution is 5.92. The van der Waals surface area contributed by atoms with Gasteiger partial charge in [-0.15, -0.1) is 0 Å². The van der Waals surface area contributed by atoms with Crippen molar-refractivity contribution in [3.05, 3.63) is 18.1 Å². The summed E-state index contributed by atoms with van der Waals surface area (Å²) in [4.78, 5) is 31.1. The van der Waals surface area contributed by atoms with Gasteiger partial charge in [-0.05, 0) is 6.92 Å². The molecule has 0 spiro atoms. The summed E-state index contributed by atoms with van der Waals surface area (Å²) in [6, 6.07) is 2.04. The van der Waals surface area contributed by atoms with E-state index in [1.807, 2.05) is 6.07 Å². The lowest BCUT2D eigenvalue weighted by Gasteiger charge is -2.23. The van der Waals surface area contributed by atoms with Crippen molar-refractivity contribution in [1.29, 1.82) is 5.26 Å². The maximum absolute atomic E-state index is 11.6. The Kier molecular flexibility index (Phi) is 4.48. The van der Waals surface area contributed by atoms with E-state index in [1.165, 1.54) is 26.4 Å². The number of rotatable bonds is 3. The van der Waals surface area contributed by atoms with Crippen molar-refractivity contribution in [3.63, 3.8) is 0 Å². The Labute approximate surface area is 148 Å². The lowest BCUT2D eigenvalue weighted by atomic mass is 10.1. The molecule has 0 radical (unpaired) electrons.